The van der Waals surface area contributed by atoms with Gasteiger partial charge in [-0.15, -0.1) is 0 Å². The van der Waals surface area contributed by atoms with E-state index in [-0.39, 0.29) is 11.6 Å². The van der Waals surface area contributed by atoms with E-state index in [1.54, 1.807) is 35.0 Å². The van der Waals surface area contributed by atoms with Gasteiger partial charge in [-0.2, -0.15) is 0 Å². The Kier molecular flexibility index (Phi) is 2.32. The summed E-state index contributed by atoms with van der Waals surface area (Å²) in [6, 6.07) is 8.43. The van der Waals surface area contributed by atoms with Crippen LogP contribution in [0.15, 0.2) is 36.5 Å². The van der Waals surface area contributed by atoms with E-state index in [9.17, 15) is 9.18 Å². The summed E-state index contributed by atoms with van der Waals surface area (Å²) in [4.78, 5) is 11.7. The van der Waals surface area contributed by atoms with Crippen molar-refractivity contribution in [2.45, 2.75) is 19.3 Å². The predicted octanol–water partition coefficient (Wildman–Crippen LogP) is 3.14. The van der Waals surface area contributed by atoms with Crippen LogP contribution in [-0.4, -0.2) is 10.4 Å². The summed E-state index contributed by atoms with van der Waals surface area (Å²) in [6.45, 7) is 0. The molecule has 2 nitrogen and oxygen atoms in total. The first-order chi connectivity index (χ1) is 8.27. The summed E-state index contributed by atoms with van der Waals surface area (Å²) in [5.41, 5.74) is 2.20. The molecule has 1 aromatic heterocycles. The van der Waals surface area contributed by atoms with Crippen LogP contribution in [0.4, 0.5) is 4.39 Å². The molecule has 0 atom stereocenters. The summed E-state index contributed by atoms with van der Waals surface area (Å²) in [6.07, 6.45) is 4.08. The Morgan fingerprint density at radius 2 is 1.94 bits per heavy atom. The number of carbonyl (C=O) groups is 1. The standard InChI is InChI=1S/C14H12FNO/c15-11-4-1-2-5-13(11)16-9-8-10-12(16)6-3-7-14(10)17/h1-2,4-5,8-9H,3,6-7H2. The van der Waals surface area contributed by atoms with Gasteiger partial charge in [-0.05, 0) is 31.0 Å². The van der Waals surface area contributed by atoms with Gasteiger partial charge in [-0.1, -0.05) is 12.1 Å². The second kappa shape index (κ2) is 3.84. The van der Waals surface area contributed by atoms with E-state index in [1.807, 2.05) is 0 Å². The number of benzene rings is 1. The maximum atomic E-state index is 13.7. The average molecular weight is 229 g/mol. The van der Waals surface area contributed by atoms with Crippen LogP contribution in [-0.2, 0) is 6.42 Å². The maximum absolute atomic E-state index is 13.7. The largest absolute Gasteiger partial charge is 0.318 e. The molecule has 0 unspecified atom stereocenters. The molecule has 17 heavy (non-hydrogen) atoms. The van der Waals surface area contributed by atoms with Gasteiger partial charge < -0.3 is 4.57 Å². The highest BCUT2D eigenvalue weighted by Crippen LogP contribution is 2.26. The maximum Gasteiger partial charge on any atom is 0.164 e. The minimum atomic E-state index is -0.260. The zero-order valence-corrected chi connectivity index (χ0v) is 9.32. The molecule has 0 spiro atoms. The molecular weight excluding hydrogens is 217 g/mol. The third-order valence-electron chi connectivity index (χ3n) is 3.22. The van der Waals surface area contributed by atoms with Gasteiger partial charge in [-0.3, -0.25) is 4.79 Å². The van der Waals surface area contributed by atoms with Crippen molar-refractivity contribution >= 4 is 5.78 Å². The number of halogens is 1. The number of hydrogen-bond donors (Lipinski definition) is 0. The molecule has 0 bridgehead atoms. The number of ketones is 1. The molecule has 0 aliphatic heterocycles. The third-order valence-corrected chi connectivity index (χ3v) is 3.22. The van der Waals surface area contributed by atoms with E-state index >= 15 is 0 Å². The monoisotopic (exact) mass is 229 g/mol. The van der Waals surface area contributed by atoms with Crippen molar-refractivity contribution < 1.29 is 9.18 Å². The Hall–Kier alpha value is -1.90. The molecule has 1 aromatic carbocycles. The van der Waals surface area contributed by atoms with E-state index in [4.69, 9.17) is 0 Å². The van der Waals surface area contributed by atoms with Crippen molar-refractivity contribution in [3.8, 4) is 5.69 Å². The lowest BCUT2D eigenvalue weighted by Gasteiger charge is -2.15. The number of aromatic nitrogens is 1. The van der Waals surface area contributed by atoms with E-state index < -0.39 is 0 Å². The van der Waals surface area contributed by atoms with Gasteiger partial charge >= 0.3 is 0 Å². The van der Waals surface area contributed by atoms with Crippen LogP contribution in [0.3, 0.4) is 0 Å². The first kappa shape index (κ1) is 10.3. The minimum Gasteiger partial charge on any atom is -0.318 e. The van der Waals surface area contributed by atoms with Crippen LogP contribution in [0.1, 0.15) is 28.9 Å². The second-order valence-corrected chi connectivity index (χ2v) is 4.27. The van der Waals surface area contributed by atoms with Crippen LogP contribution >= 0.6 is 0 Å². The Balaban J connectivity index is 2.17. The van der Waals surface area contributed by atoms with Crippen molar-refractivity contribution in [3.05, 3.63) is 53.6 Å². The highest BCUT2D eigenvalue weighted by atomic mass is 19.1. The highest BCUT2D eigenvalue weighted by molar-refractivity contribution is 5.98. The summed E-state index contributed by atoms with van der Waals surface area (Å²) in [5.74, 6) is -0.0924. The van der Waals surface area contributed by atoms with Crippen LogP contribution in [0.2, 0.25) is 0 Å². The number of carbonyl (C=O) groups excluding carboxylic acids is 1. The molecule has 0 fully saturated rings. The van der Waals surface area contributed by atoms with Crippen molar-refractivity contribution in [1.29, 1.82) is 0 Å². The fourth-order valence-corrected chi connectivity index (χ4v) is 2.40. The Morgan fingerprint density at radius 3 is 2.76 bits per heavy atom. The highest BCUT2D eigenvalue weighted by Gasteiger charge is 2.21. The van der Waals surface area contributed by atoms with Crippen LogP contribution < -0.4 is 0 Å². The minimum absolute atomic E-state index is 0.168. The second-order valence-electron chi connectivity index (χ2n) is 4.27. The number of rotatable bonds is 1. The lowest BCUT2D eigenvalue weighted by molar-refractivity contribution is 0.0972. The number of para-hydroxylation sites is 1. The van der Waals surface area contributed by atoms with Crippen LogP contribution in [0.25, 0.3) is 5.69 Å². The summed E-state index contributed by atoms with van der Waals surface area (Å²) in [5, 5.41) is 0. The molecule has 3 heteroatoms. The van der Waals surface area contributed by atoms with E-state index in [0.29, 0.717) is 12.1 Å². The first-order valence-electron chi connectivity index (χ1n) is 5.75. The fourth-order valence-electron chi connectivity index (χ4n) is 2.40. The first-order valence-corrected chi connectivity index (χ1v) is 5.75. The number of hydrogen-bond acceptors (Lipinski definition) is 1. The summed E-state index contributed by atoms with van der Waals surface area (Å²) >= 11 is 0. The third kappa shape index (κ3) is 1.58. The van der Waals surface area contributed by atoms with Crippen molar-refractivity contribution in [3.63, 3.8) is 0 Å². The molecule has 1 aliphatic rings. The molecule has 2 aromatic rings. The Bertz CT molecular complexity index is 586. The van der Waals surface area contributed by atoms with Gasteiger partial charge in [0.05, 0.1) is 5.69 Å². The smallest absolute Gasteiger partial charge is 0.164 e. The summed E-state index contributed by atoms with van der Waals surface area (Å²) in [7, 11) is 0. The topological polar surface area (TPSA) is 22.0 Å². The van der Waals surface area contributed by atoms with Gasteiger partial charge in [-0.25, -0.2) is 4.39 Å². The van der Waals surface area contributed by atoms with Gasteiger partial charge in [0.15, 0.2) is 5.78 Å². The number of nitrogens with zero attached hydrogens (tertiary/aromatic N) is 1. The average Bonchev–Trinajstić information content (AvgIpc) is 2.75. The van der Waals surface area contributed by atoms with E-state index in [1.165, 1.54) is 6.07 Å². The molecule has 0 N–H and O–H groups in total. The number of fused-ring (bicyclic) bond motifs is 1. The molecule has 1 aliphatic carbocycles. The molecule has 86 valence electrons. The quantitative estimate of drug-likeness (QED) is 0.736. The van der Waals surface area contributed by atoms with E-state index in [0.717, 1.165) is 24.1 Å². The zero-order chi connectivity index (χ0) is 11.8. The number of Topliss-reactive ketones (excluding diaryl/α,β-unsaturated/α-hetero) is 1. The molecule has 0 radical (unpaired) electrons. The van der Waals surface area contributed by atoms with Crippen LogP contribution in [0.5, 0.6) is 0 Å². The molecular formula is C14H12FNO. The molecule has 0 saturated heterocycles. The van der Waals surface area contributed by atoms with Gasteiger partial charge in [0.25, 0.3) is 0 Å². The Morgan fingerprint density at radius 1 is 1.12 bits per heavy atom. The predicted molar refractivity (Wildman–Crippen MR) is 63.0 cm³/mol. The zero-order valence-electron chi connectivity index (χ0n) is 9.32. The Labute approximate surface area is 98.7 Å². The molecule has 0 amide bonds. The molecule has 0 saturated carbocycles. The lowest BCUT2D eigenvalue weighted by atomic mass is 9.97. The lowest BCUT2D eigenvalue weighted by Crippen LogP contribution is -2.12. The van der Waals surface area contributed by atoms with Crippen molar-refractivity contribution in [2.24, 2.45) is 0 Å². The van der Waals surface area contributed by atoms with Crippen LogP contribution in [0, 0.1) is 5.82 Å². The van der Waals surface area contributed by atoms with E-state index in [2.05, 4.69) is 0 Å². The summed E-state index contributed by atoms with van der Waals surface area (Å²) < 4.78 is 15.5. The molecule has 3 rings (SSSR count). The van der Waals surface area contributed by atoms with Gasteiger partial charge in [0, 0.05) is 23.9 Å². The SMILES string of the molecule is O=C1CCCc2c1ccn2-c1ccccc1F. The van der Waals surface area contributed by atoms with Gasteiger partial charge in [0.2, 0.25) is 0 Å². The van der Waals surface area contributed by atoms with Gasteiger partial charge in [0.1, 0.15) is 5.82 Å². The van der Waals surface area contributed by atoms with Crippen molar-refractivity contribution in [1.82, 2.24) is 4.57 Å². The molecule has 1 heterocycles. The fraction of sp³-hybridized carbons (Fsp3) is 0.214. The van der Waals surface area contributed by atoms with Crippen molar-refractivity contribution in [2.75, 3.05) is 0 Å². The normalized spacial score (nSPS) is 14.8.